The van der Waals surface area contributed by atoms with Crippen molar-refractivity contribution in [3.8, 4) is 0 Å². The summed E-state index contributed by atoms with van der Waals surface area (Å²) < 4.78 is 2.65. The number of aromatic nitrogens is 1. The van der Waals surface area contributed by atoms with Crippen LogP contribution in [-0.2, 0) is 0 Å². The van der Waals surface area contributed by atoms with Crippen LogP contribution in [0.15, 0.2) is 35.1 Å². The lowest BCUT2D eigenvalue weighted by molar-refractivity contribution is 1.03. The van der Waals surface area contributed by atoms with Crippen molar-refractivity contribution in [2.75, 3.05) is 5.84 Å². The van der Waals surface area contributed by atoms with E-state index in [1.54, 1.807) is 4.68 Å². The Bertz CT molecular complexity index is 395. The number of hydrogen-bond donors (Lipinski definition) is 1. The molecule has 0 spiro atoms. The van der Waals surface area contributed by atoms with Crippen LogP contribution in [-0.4, -0.2) is 4.68 Å². The Morgan fingerprint density at radius 2 is 1.83 bits per heavy atom. The van der Waals surface area contributed by atoms with E-state index in [-0.39, 0.29) is 17.0 Å². The Morgan fingerprint density at radius 1 is 1.17 bits per heavy atom. The van der Waals surface area contributed by atoms with Gasteiger partial charge in [0.25, 0.3) is 0 Å². The van der Waals surface area contributed by atoms with E-state index in [0.717, 1.165) is 15.2 Å². The lowest BCUT2D eigenvalue weighted by Gasteiger charge is -1.88. The molecule has 0 bridgehead atoms. The Balaban J connectivity index is 0.000000720. The summed E-state index contributed by atoms with van der Waals surface area (Å²) in [6, 6.07) is 6.07. The van der Waals surface area contributed by atoms with Crippen LogP contribution in [0.1, 0.15) is 0 Å². The molecule has 0 fully saturated rings. The zero-order chi connectivity index (χ0) is 7.84. The molecular formula is C8H8Br2N2. The maximum atomic E-state index is 5.54. The third-order valence-corrected chi connectivity index (χ3v) is 2.12. The Hall–Kier alpha value is -0.480. The van der Waals surface area contributed by atoms with Crippen molar-refractivity contribution in [1.82, 2.24) is 4.68 Å². The molecule has 64 valence electrons. The van der Waals surface area contributed by atoms with Gasteiger partial charge in [-0.15, -0.1) is 17.0 Å². The number of rotatable bonds is 0. The summed E-state index contributed by atoms with van der Waals surface area (Å²) in [4.78, 5) is 0. The molecule has 0 aliphatic heterocycles. The van der Waals surface area contributed by atoms with Gasteiger partial charge in [0.2, 0.25) is 0 Å². The molecule has 4 heteroatoms. The second kappa shape index (κ2) is 3.49. The fourth-order valence-electron chi connectivity index (χ4n) is 1.13. The van der Waals surface area contributed by atoms with Gasteiger partial charge >= 0.3 is 0 Å². The highest BCUT2D eigenvalue weighted by atomic mass is 79.9. The standard InChI is InChI=1S/C8H7BrN2.BrH/c9-8-2-1-6-4-11(10)5-7(6)3-8;/h1-5H,10H2;1H. The van der Waals surface area contributed by atoms with E-state index in [1.807, 2.05) is 30.6 Å². The van der Waals surface area contributed by atoms with Gasteiger partial charge in [-0.3, -0.25) is 4.68 Å². The number of fused-ring (bicyclic) bond motifs is 1. The molecule has 0 amide bonds. The summed E-state index contributed by atoms with van der Waals surface area (Å²) in [5, 5.41) is 2.32. The van der Waals surface area contributed by atoms with Crippen molar-refractivity contribution < 1.29 is 0 Å². The number of nitrogens with zero attached hydrogens (tertiary/aromatic N) is 1. The lowest BCUT2D eigenvalue weighted by atomic mass is 10.2. The molecule has 1 heterocycles. The molecule has 0 saturated carbocycles. The van der Waals surface area contributed by atoms with Gasteiger partial charge in [0.15, 0.2) is 0 Å². The van der Waals surface area contributed by atoms with Crippen molar-refractivity contribution in [2.45, 2.75) is 0 Å². The molecule has 0 saturated heterocycles. The summed E-state index contributed by atoms with van der Waals surface area (Å²) in [6.07, 6.45) is 3.78. The van der Waals surface area contributed by atoms with Crippen molar-refractivity contribution in [3.05, 3.63) is 35.1 Å². The highest BCUT2D eigenvalue weighted by molar-refractivity contribution is 9.10. The summed E-state index contributed by atoms with van der Waals surface area (Å²) in [5.41, 5.74) is 0. The van der Waals surface area contributed by atoms with E-state index in [0.29, 0.717) is 0 Å². The van der Waals surface area contributed by atoms with Gasteiger partial charge in [-0.25, -0.2) is 0 Å². The van der Waals surface area contributed by atoms with Gasteiger partial charge in [0.1, 0.15) is 0 Å². The second-order valence-corrected chi connectivity index (χ2v) is 3.39. The van der Waals surface area contributed by atoms with Crippen LogP contribution < -0.4 is 5.84 Å². The first-order chi connectivity index (χ1) is 5.25. The van der Waals surface area contributed by atoms with Crippen LogP contribution in [0.4, 0.5) is 0 Å². The van der Waals surface area contributed by atoms with Crippen LogP contribution in [0.5, 0.6) is 0 Å². The monoisotopic (exact) mass is 290 g/mol. The average molecular weight is 292 g/mol. The van der Waals surface area contributed by atoms with Gasteiger partial charge in [-0.2, -0.15) is 0 Å². The zero-order valence-electron chi connectivity index (χ0n) is 6.20. The van der Waals surface area contributed by atoms with Gasteiger partial charge in [-0.05, 0) is 12.1 Å². The summed E-state index contributed by atoms with van der Waals surface area (Å²) in [5.74, 6) is 5.54. The van der Waals surface area contributed by atoms with E-state index >= 15 is 0 Å². The molecule has 2 N–H and O–H groups in total. The third kappa shape index (κ3) is 1.64. The highest BCUT2D eigenvalue weighted by Crippen LogP contribution is 2.19. The van der Waals surface area contributed by atoms with E-state index in [4.69, 9.17) is 5.84 Å². The van der Waals surface area contributed by atoms with E-state index in [1.165, 1.54) is 0 Å². The average Bonchev–Trinajstić information content (AvgIpc) is 2.27. The predicted molar refractivity (Wildman–Crippen MR) is 60.1 cm³/mol. The number of hydrogen-bond acceptors (Lipinski definition) is 1. The molecular weight excluding hydrogens is 284 g/mol. The topological polar surface area (TPSA) is 30.9 Å². The number of benzene rings is 1. The quantitative estimate of drug-likeness (QED) is 0.744. The van der Waals surface area contributed by atoms with Crippen molar-refractivity contribution in [3.63, 3.8) is 0 Å². The SMILES string of the molecule is Br.Nn1cc2ccc(Br)cc2c1. The van der Waals surface area contributed by atoms with E-state index < -0.39 is 0 Å². The van der Waals surface area contributed by atoms with Crippen LogP contribution in [0.25, 0.3) is 10.8 Å². The van der Waals surface area contributed by atoms with Gasteiger partial charge in [0, 0.05) is 27.6 Å². The molecule has 0 atom stereocenters. The van der Waals surface area contributed by atoms with E-state index in [2.05, 4.69) is 15.9 Å². The molecule has 12 heavy (non-hydrogen) atoms. The molecule has 1 aromatic heterocycles. The van der Waals surface area contributed by atoms with Crippen LogP contribution in [0, 0.1) is 0 Å². The van der Waals surface area contributed by atoms with Crippen molar-refractivity contribution in [2.24, 2.45) is 0 Å². The third-order valence-electron chi connectivity index (χ3n) is 1.63. The minimum Gasteiger partial charge on any atom is -0.340 e. The summed E-state index contributed by atoms with van der Waals surface area (Å²) >= 11 is 3.39. The second-order valence-electron chi connectivity index (χ2n) is 2.48. The van der Waals surface area contributed by atoms with Crippen molar-refractivity contribution >= 4 is 43.7 Å². The van der Waals surface area contributed by atoms with Gasteiger partial charge < -0.3 is 5.84 Å². The largest absolute Gasteiger partial charge is 0.340 e. The maximum Gasteiger partial charge on any atom is 0.0335 e. The van der Waals surface area contributed by atoms with E-state index in [9.17, 15) is 0 Å². The smallest absolute Gasteiger partial charge is 0.0335 e. The fraction of sp³-hybridized carbons (Fsp3) is 0. The molecule has 0 aliphatic carbocycles. The lowest BCUT2D eigenvalue weighted by Crippen LogP contribution is -2.02. The normalized spacial score (nSPS) is 9.75. The highest BCUT2D eigenvalue weighted by Gasteiger charge is 1.95. The number of halogens is 2. The van der Waals surface area contributed by atoms with Crippen LogP contribution in [0.3, 0.4) is 0 Å². The first-order valence-corrected chi connectivity index (χ1v) is 4.07. The molecule has 2 rings (SSSR count). The number of nitrogens with two attached hydrogens (primary N) is 1. The number of nitrogen functional groups attached to an aromatic ring is 1. The summed E-state index contributed by atoms with van der Waals surface area (Å²) in [6.45, 7) is 0. The van der Waals surface area contributed by atoms with Gasteiger partial charge in [-0.1, -0.05) is 22.0 Å². The first kappa shape index (κ1) is 9.61. The minimum absolute atomic E-state index is 0. The molecule has 0 aliphatic rings. The minimum atomic E-state index is 0. The molecule has 0 unspecified atom stereocenters. The zero-order valence-corrected chi connectivity index (χ0v) is 9.50. The molecule has 2 aromatic rings. The predicted octanol–water partition coefficient (Wildman–Crippen LogP) is 2.70. The molecule has 2 nitrogen and oxygen atoms in total. The fourth-order valence-corrected chi connectivity index (χ4v) is 1.51. The van der Waals surface area contributed by atoms with Crippen LogP contribution in [0.2, 0.25) is 0 Å². The van der Waals surface area contributed by atoms with Crippen LogP contribution >= 0.6 is 32.9 Å². The maximum absolute atomic E-state index is 5.54. The molecule has 0 radical (unpaired) electrons. The first-order valence-electron chi connectivity index (χ1n) is 3.28. The molecule has 1 aromatic carbocycles. The Kier molecular flexibility index (Phi) is 2.80. The Morgan fingerprint density at radius 3 is 2.58 bits per heavy atom. The Labute approximate surface area is 89.2 Å². The summed E-state index contributed by atoms with van der Waals surface area (Å²) in [7, 11) is 0. The van der Waals surface area contributed by atoms with Gasteiger partial charge in [0.05, 0.1) is 0 Å². The van der Waals surface area contributed by atoms with Crippen molar-refractivity contribution in [1.29, 1.82) is 0 Å².